The maximum Gasteiger partial charge on any atom is 0.162 e. The lowest BCUT2D eigenvalue weighted by Crippen LogP contribution is -2.55. The highest BCUT2D eigenvalue weighted by molar-refractivity contribution is 7.25. The number of hydrogen-bond acceptors (Lipinski definition) is 3. The average Bonchev–Trinajstić information content (AvgIpc) is 3.75. The van der Waals surface area contributed by atoms with Gasteiger partial charge >= 0.3 is 0 Å². The Balaban J connectivity index is 1.08. The van der Waals surface area contributed by atoms with E-state index in [1.54, 1.807) is 22.5 Å². The zero-order chi connectivity index (χ0) is 35.8. The van der Waals surface area contributed by atoms with Gasteiger partial charge < -0.3 is 0 Å². The lowest BCUT2D eigenvalue weighted by molar-refractivity contribution is -0.0399. The summed E-state index contributed by atoms with van der Waals surface area (Å²) in [5.41, 5.74) is 12.1. The van der Waals surface area contributed by atoms with Crippen LogP contribution in [0.25, 0.3) is 86.7 Å². The van der Waals surface area contributed by atoms with E-state index in [0.29, 0.717) is 0 Å². The molecule has 0 unspecified atom stereocenters. The average molecular weight is 723 g/mol. The van der Waals surface area contributed by atoms with Crippen LogP contribution >= 0.6 is 11.3 Å². The van der Waals surface area contributed by atoms with Crippen LogP contribution in [0.4, 0.5) is 0 Å². The highest BCUT2D eigenvalue weighted by Crippen LogP contribution is 2.69. The van der Waals surface area contributed by atoms with Gasteiger partial charge in [-0.3, -0.25) is 0 Å². The number of hydrogen-bond donors (Lipinski definition) is 0. The summed E-state index contributed by atoms with van der Waals surface area (Å²) >= 11 is 1.77. The highest BCUT2D eigenvalue weighted by Gasteiger charge is 2.61. The van der Waals surface area contributed by atoms with Crippen LogP contribution in [0, 0.1) is 23.7 Å². The molecule has 0 atom stereocenters. The molecule has 4 fully saturated rings. The SMILES string of the molecule is c1ccc(-c2nc(-c3c4ccccc4c(-c4ccc5c(c4)C4(c6ccccc6-5)C5CC6CC(C5)CC4C6)c4ccccc34)nc3sc4ccccc4c23)cc1. The first-order valence-electron chi connectivity index (χ1n) is 20.2. The van der Waals surface area contributed by atoms with Crippen LogP contribution in [0.3, 0.4) is 0 Å². The number of rotatable bonds is 3. The Bertz CT molecular complexity index is 2980. The Morgan fingerprint density at radius 1 is 0.473 bits per heavy atom. The van der Waals surface area contributed by atoms with Crippen molar-refractivity contribution in [3.05, 3.63) is 157 Å². The van der Waals surface area contributed by atoms with Crippen LogP contribution in [0.15, 0.2) is 146 Å². The number of thiophene rings is 1. The lowest BCUT2D eigenvalue weighted by Gasteiger charge is -2.61. The van der Waals surface area contributed by atoms with Crippen LogP contribution in [0.1, 0.15) is 43.2 Å². The van der Waals surface area contributed by atoms with Crippen molar-refractivity contribution in [3.63, 3.8) is 0 Å². The van der Waals surface area contributed by atoms with Crippen molar-refractivity contribution >= 4 is 53.2 Å². The van der Waals surface area contributed by atoms with Gasteiger partial charge in [0, 0.05) is 32.0 Å². The summed E-state index contributed by atoms with van der Waals surface area (Å²) in [5, 5.41) is 7.26. The van der Waals surface area contributed by atoms with Crippen molar-refractivity contribution in [2.24, 2.45) is 23.7 Å². The van der Waals surface area contributed by atoms with Crippen LogP contribution < -0.4 is 0 Å². The summed E-state index contributed by atoms with van der Waals surface area (Å²) in [7, 11) is 0. The second kappa shape index (κ2) is 11.2. The van der Waals surface area contributed by atoms with Crippen molar-refractivity contribution in [1.82, 2.24) is 9.97 Å². The number of fused-ring (bicyclic) bond motifs is 8. The number of aromatic nitrogens is 2. The molecule has 0 radical (unpaired) electrons. The molecule has 55 heavy (non-hydrogen) atoms. The lowest BCUT2D eigenvalue weighted by atomic mass is 9.43. The molecule has 0 amide bonds. The summed E-state index contributed by atoms with van der Waals surface area (Å²) in [6.07, 6.45) is 7.02. The van der Waals surface area contributed by atoms with Gasteiger partial charge in [0.1, 0.15) is 4.83 Å². The molecule has 4 bridgehead atoms. The fourth-order valence-electron chi connectivity index (χ4n) is 12.5. The van der Waals surface area contributed by atoms with E-state index in [1.807, 2.05) is 0 Å². The summed E-state index contributed by atoms with van der Waals surface area (Å²) in [4.78, 5) is 12.0. The normalized spacial score (nSPS) is 23.3. The van der Waals surface area contributed by atoms with Crippen LogP contribution in [-0.2, 0) is 5.41 Å². The predicted octanol–water partition coefficient (Wildman–Crippen LogP) is 13.9. The van der Waals surface area contributed by atoms with Crippen molar-refractivity contribution < 1.29 is 0 Å². The minimum atomic E-state index is 0.127. The Labute approximate surface area is 324 Å². The molecule has 2 nitrogen and oxygen atoms in total. The van der Waals surface area contributed by atoms with Gasteiger partial charge in [0.15, 0.2) is 5.82 Å². The van der Waals surface area contributed by atoms with Gasteiger partial charge in [-0.2, -0.15) is 0 Å². The molecule has 5 aliphatic rings. The Kier molecular flexibility index (Phi) is 6.25. The van der Waals surface area contributed by atoms with Crippen molar-refractivity contribution in [2.75, 3.05) is 0 Å². The summed E-state index contributed by atoms with van der Waals surface area (Å²) < 4.78 is 1.24. The summed E-state index contributed by atoms with van der Waals surface area (Å²) in [6, 6.07) is 54.4. The topological polar surface area (TPSA) is 25.8 Å². The third-order valence-corrected chi connectivity index (χ3v) is 15.3. The minimum Gasteiger partial charge on any atom is -0.227 e. The molecule has 14 rings (SSSR count). The van der Waals surface area contributed by atoms with E-state index >= 15 is 0 Å². The highest BCUT2D eigenvalue weighted by atomic mass is 32.1. The van der Waals surface area contributed by atoms with Gasteiger partial charge in [0.2, 0.25) is 0 Å². The molecule has 1 spiro atoms. The van der Waals surface area contributed by atoms with E-state index in [0.717, 1.165) is 56.5 Å². The molecule has 0 saturated heterocycles. The van der Waals surface area contributed by atoms with Gasteiger partial charge in [-0.15, -0.1) is 11.3 Å². The van der Waals surface area contributed by atoms with Gasteiger partial charge in [-0.1, -0.05) is 133 Å². The minimum absolute atomic E-state index is 0.127. The fourth-order valence-corrected chi connectivity index (χ4v) is 13.6. The largest absolute Gasteiger partial charge is 0.227 e. The Hall–Kier alpha value is -5.64. The molecule has 3 heteroatoms. The van der Waals surface area contributed by atoms with E-state index in [1.165, 1.54) is 86.0 Å². The molecule has 0 aliphatic heterocycles. The summed E-state index contributed by atoms with van der Waals surface area (Å²) in [6.45, 7) is 0. The Morgan fingerprint density at radius 3 is 1.76 bits per heavy atom. The molecule has 2 aromatic heterocycles. The summed E-state index contributed by atoms with van der Waals surface area (Å²) in [5.74, 6) is 4.09. The quantitative estimate of drug-likeness (QED) is 0.170. The predicted molar refractivity (Wildman–Crippen MR) is 230 cm³/mol. The smallest absolute Gasteiger partial charge is 0.162 e. The number of benzene rings is 7. The third-order valence-electron chi connectivity index (χ3n) is 14.3. The molecule has 9 aromatic rings. The van der Waals surface area contributed by atoms with Crippen LogP contribution in [-0.4, -0.2) is 9.97 Å². The molecule has 5 aliphatic carbocycles. The van der Waals surface area contributed by atoms with E-state index in [9.17, 15) is 0 Å². The Morgan fingerprint density at radius 2 is 1.05 bits per heavy atom. The maximum atomic E-state index is 5.53. The second-order valence-electron chi connectivity index (χ2n) is 16.9. The van der Waals surface area contributed by atoms with E-state index in [4.69, 9.17) is 9.97 Å². The standard InChI is InChI=1S/C52H38N2S/c1-2-12-32(13-3-1)49-48-42-19-9-11-21-45(42)55-51(48)54-50(53-49)47-40-17-6-4-15-38(40)46(39-16-5-7-18-41(39)47)33-22-23-37-36-14-8-10-20-43(36)52(44(37)29-33)34-25-30-24-31(27-34)28-35(52)26-30/h1-23,29-31,34-35H,24-28H2. The third kappa shape index (κ3) is 4.09. The van der Waals surface area contributed by atoms with E-state index in [-0.39, 0.29) is 5.41 Å². The van der Waals surface area contributed by atoms with Gasteiger partial charge in [0.05, 0.1) is 5.69 Å². The van der Waals surface area contributed by atoms with Crippen LogP contribution in [0.2, 0.25) is 0 Å². The zero-order valence-electron chi connectivity index (χ0n) is 30.5. The molecule has 2 heterocycles. The first-order chi connectivity index (χ1) is 27.2. The van der Waals surface area contributed by atoms with E-state index in [2.05, 4.69) is 146 Å². The molecular weight excluding hydrogens is 685 g/mol. The molecule has 7 aromatic carbocycles. The maximum absolute atomic E-state index is 5.53. The number of nitrogens with zero attached hydrogens (tertiary/aromatic N) is 2. The van der Waals surface area contributed by atoms with Crippen molar-refractivity contribution in [3.8, 4) is 44.9 Å². The van der Waals surface area contributed by atoms with Gasteiger partial charge in [-0.05, 0) is 123 Å². The second-order valence-corrected chi connectivity index (χ2v) is 17.9. The first kappa shape index (κ1) is 30.7. The van der Waals surface area contributed by atoms with Crippen molar-refractivity contribution in [1.29, 1.82) is 0 Å². The zero-order valence-corrected chi connectivity index (χ0v) is 31.3. The fraction of sp³-hybridized carbons (Fsp3) is 0.192. The van der Waals surface area contributed by atoms with E-state index < -0.39 is 0 Å². The molecule has 262 valence electrons. The van der Waals surface area contributed by atoms with Gasteiger partial charge in [0.25, 0.3) is 0 Å². The van der Waals surface area contributed by atoms with Gasteiger partial charge in [-0.25, -0.2) is 9.97 Å². The molecular formula is C52H38N2S. The molecule has 0 N–H and O–H groups in total. The van der Waals surface area contributed by atoms with Crippen LogP contribution in [0.5, 0.6) is 0 Å². The monoisotopic (exact) mass is 722 g/mol. The first-order valence-corrected chi connectivity index (χ1v) is 21.0. The van der Waals surface area contributed by atoms with Crippen molar-refractivity contribution in [2.45, 2.75) is 37.5 Å². The molecule has 4 saturated carbocycles.